The van der Waals surface area contributed by atoms with Crippen molar-refractivity contribution in [1.82, 2.24) is 4.90 Å². The van der Waals surface area contributed by atoms with E-state index in [0.29, 0.717) is 0 Å². The third-order valence-corrected chi connectivity index (χ3v) is 3.62. The molecule has 0 radical (unpaired) electrons. The Labute approximate surface area is 90.9 Å². The summed E-state index contributed by atoms with van der Waals surface area (Å²) in [7, 11) is 3.96. The van der Waals surface area contributed by atoms with Gasteiger partial charge in [0, 0.05) is 5.56 Å². The molecule has 0 saturated carbocycles. The predicted octanol–water partition coefficient (Wildman–Crippen LogP) is 2.14. The van der Waals surface area contributed by atoms with E-state index in [1.165, 1.54) is 5.56 Å². The summed E-state index contributed by atoms with van der Waals surface area (Å²) in [4.78, 5) is 14.4. The van der Waals surface area contributed by atoms with Gasteiger partial charge in [-0.25, -0.2) is 0 Å². The first-order chi connectivity index (χ1) is 7.05. The maximum Gasteiger partial charge on any atom is 0.183 e. The van der Waals surface area contributed by atoms with Crippen LogP contribution in [0.2, 0.25) is 0 Å². The Kier molecular flexibility index (Phi) is 2.39. The fourth-order valence-electron chi connectivity index (χ4n) is 2.17. The summed E-state index contributed by atoms with van der Waals surface area (Å²) in [5.41, 5.74) is 1.77. The lowest BCUT2D eigenvalue weighted by Gasteiger charge is -2.38. The van der Waals surface area contributed by atoms with Crippen molar-refractivity contribution in [3.05, 3.63) is 35.4 Å². The first kappa shape index (κ1) is 10.4. The monoisotopic (exact) mass is 203 g/mol. The molecule has 0 bridgehead atoms. The van der Waals surface area contributed by atoms with Crippen LogP contribution in [0.3, 0.4) is 0 Å². The second-order valence-corrected chi connectivity index (χ2v) is 4.65. The lowest BCUT2D eigenvalue weighted by molar-refractivity contribution is 0.0679. The fourth-order valence-corrected chi connectivity index (χ4v) is 2.17. The zero-order valence-corrected chi connectivity index (χ0v) is 9.58. The van der Waals surface area contributed by atoms with Crippen LogP contribution in [0.25, 0.3) is 0 Å². The van der Waals surface area contributed by atoms with Crippen molar-refractivity contribution >= 4 is 5.78 Å². The van der Waals surface area contributed by atoms with Gasteiger partial charge in [0.05, 0.1) is 5.54 Å². The first-order valence-electron chi connectivity index (χ1n) is 5.36. The Morgan fingerprint density at radius 3 is 2.60 bits per heavy atom. The van der Waals surface area contributed by atoms with Crippen molar-refractivity contribution in [2.24, 2.45) is 0 Å². The van der Waals surface area contributed by atoms with Crippen LogP contribution >= 0.6 is 0 Å². The normalized spacial score (nSPS) is 25.5. The molecule has 2 heteroatoms. The number of nitrogens with zero attached hydrogens (tertiary/aromatic N) is 1. The van der Waals surface area contributed by atoms with Gasteiger partial charge in [-0.05, 0) is 39.4 Å². The van der Waals surface area contributed by atoms with Gasteiger partial charge in [-0.3, -0.25) is 9.69 Å². The average Bonchev–Trinajstić information content (AvgIpc) is 2.24. The Hall–Kier alpha value is -1.15. The van der Waals surface area contributed by atoms with Crippen molar-refractivity contribution in [2.75, 3.05) is 14.1 Å². The van der Waals surface area contributed by atoms with Gasteiger partial charge in [-0.1, -0.05) is 24.3 Å². The minimum absolute atomic E-state index is 0.259. The van der Waals surface area contributed by atoms with Crippen LogP contribution in [0.4, 0.5) is 0 Å². The lowest BCUT2D eigenvalue weighted by atomic mass is 9.77. The third-order valence-electron chi connectivity index (χ3n) is 3.62. The third kappa shape index (κ3) is 1.49. The quantitative estimate of drug-likeness (QED) is 0.697. The van der Waals surface area contributed by atoms with Crippen molar-refractivity contribution in [3.63, 3.8) is 0 Å². The standard InChI is InChI=1S/C13H17NO/c1-13(14(2)3)9-8-10-6-4-5-7-11(10)12(13)15/h4-7H,8-9H2,1-3H3/t13-/m0/s1. The number of rotatable bonds is 1. The second-order valence-electron chi connectivity index (χ2n) is 4.65. The minimum Gasteiger partial charge on any atom is -0.297 e. The summed E-state index contributed by atoms with van der Waals surface area (Å²) in [6, 6.07) is 7.95. The number of carbonyl (C=O) groups excluding carboxylic acids is 1. The molecule has 15 heavy (non-hydrogen) atoms. The highest BCUT2D eigenvalue weighted by Crippen LogP contribution is 2.31. The topological polar surface area (TPSA) is 20.3 Å². The van der Waals surface area contributed by atoms with Crippen LogP contribution in [0, 0.1) is 0 Å². The van der Waals surface area contributed by atoms with E-state index in [2.05, 4.69) is 6.07 Å². The Bertz CT molecular complexity index is 397. The van der Waals surface area contributed by atoms with E-state index in [9.17, 15) is 4.79 Å². The van der Waals surface area contributed by atoms with E-state index >= 15 is 0 Å². The molecule has 1 aliphatic carbocycles. The van der Waals surface area contributed by atoms with Gasteiger partial charge in [0.1, 0.15) is 0 Å². The van der Waals surface area contributed by atoms with Gasteiger partial charge >= 0.3 is 0 Å². The fraction of sp³-hybridized carbons (Fsp3) is 0.462. The number of ketones is 1. The molecular formula is C13H17NO. The molecule has 1 aromatic rings. The molecule has 0 N–H and O–H groups in total. The van der Waals surface area contributed by atoms with Gasteiger partial charge in [-0.2, -0.15) is 0 Å². The maximum absolute atomic E-state index is 12.3. The van der Waals surface area contributed by atoms with E-state index in [1.54, 1.807) is 0 Å². The van der Waals surface area contributed by atoms with Gasteiger partial charge in [-0.15, -0.1) is 0 Å². The zero-order chi connectivity index (χ0) is 11.1. The maximum atomic E-state index is 12.3. The number of benzene rings is 1. The highest BCUT2D eigenvalue weighted by Gasteiger charge is 2.39. The summed E-state index contributed by atoms with van der Waals surface area (Å²) < 4.78 is 0. The zero-order valence-electron chi connectivity index (χ0n) is 9.58. The smallest absolute Gasteiger partial charge is 0.183 e. The van der Waals surface area contributed by atoms with Crippen molar-refractivity contribution in [2.45, 2.75) is 25.3 Å². The van der Waals surface area contributed by atoms with Crippen molar-refractivity contribution in [3.8, 4) is 0 Å². The second kappa shape index (κ2) is 3.46. The predicted molar refractivity (Wildman–Crippen MR) is 61.2 cm³/mol. The van der Waals surface area contributed by atoms with Gasteiger partial charge in [0.25, 0.3) is 0 Å². The van der Waals surface area contributed by atoms with Crippen LogP contribution in [0.5, 0.6) is 0 Å². The Balaban J connectivity index is 2.46. The molecule has 0 aliphatic heterocycles. The van der Waals surface area contributed by atoms with E-state index < -0.39 is 0 Å². The average molecular weight is 203 g/mol. The molecule has 0 spiro atoms. The summed E-state index contributed by atoms with van der Waals surface area (Å²) >= 11 is 0. The van der Waals surface area contributed by atoms with Crippen LogP contribution in [0.15, 0.2) is 24.3 Å². The molecule has 0 saturated heterocycles. The van der Waals surface area contributed by atoms with E-state index in [0.717, 1.165) is 18.4 Å². The Morgan fingerprint density at radius 2 is 1.93 bits per heavy atom. The van der Waals surface area contributed by atoms with Gasteiger partial charge in [0.15, 0.2) is 5.78 Å². The van der Waals surface area contributed by atoms with Gasteiger partial charge < -0.3 is 0 Å². The summed E-state index contributed by atoms with van der Waals surface area (Å²) in [5, 5.41) is 0. The van der Waals surface area contributed by atoms with Crippen LogP contribution < -0.4 is 0 Å². The van der Waals surface area contributed by atoms with E-state index in [-0.39, 0.29) is 11.3 Å². The number of aryl methyl sites for hydroxylation is 1. The molecule has 1 atom stereocenters. The van der Waals surface area contributed by atoms with E-state index in [1.807, 2.05) is 44.1 Å². The molecule has 0 aromatic heterocycles. The summed E-state index contributed by atoms with van der Waals surface area (Å²) in [5.74, 6) is 0.259. The summed E-state index contributed by atoms with van der Waals surface area (Å²) in [6.07, 6.45) is 1.91. The molecule has 0 fully saturated rings. The van der Waals surface area contributed by atoms with Crippen LogP contribution in [-0.4, -0.2) is 30.3 Å². The Morgan fingerprint density at radius 1 is 1.27 bits per heavy atom. The van der Waals surface area contributed by atoms with Crippen LogP contribution in [0.1, 0.15) is 29.3 Å². The van der Waals surface area contributed by atoms with Crippen LogP contribution in [-0.2, 0) is 6.42 Å². The van der Waals surface area contributed by atoms with Gasteiger partial charge in [0.2, 0.25) is 0 Å². The molecule has 0 heterocycles. The SMILES string of the molecule is CN(C)[C@@]1(C)CCc2ccccc2C1=O. The molecule has 2 rings (SSSR count). The summed E-state index contributed by atoms with van der Waals surface area (Å²) in [6.45, 7) is 2.03. The highest BCUT2D eigenvalue weighted by atomic mass is 16.1. The van der Waals surface area contributed by atoms with Crippen molar-refractivity contribution < 1.29 is 4.79 Å². The number of hydrogen-bond donors (Lipinski definition) is 0. The molecular weight excluding hydrogens is 186 g/mol. The molecule has 80 valence electrons. The number of Topliss-reactive ketones (excluding diaryl/α,β-unsaturated/α-hetero) is 1. The number of fused-ring (bicyclic) bond motifs is 1. The molecule has 1 aliphatic rings. The molecule has 2 nitrogen and oxygen atoms in total. The highest BCUT2D eigenvalue weighted by molar-refractivity contribution is 6.05. The number of carbonyl (C=O) groups is 1. The lowest BCUT2D eigenvalue weighted by Crippen LogP contribution is -2.51. The number of likely N-dealkylation sites (N-methyl/N-ethyl adjacent to an activating group) is 1. The molecule has 0 amide bonds. The largest absolute Gasteiger partial charge is 0.297 e. The van der Waals surface area contributed by atoms with E-state index in [4.69, 9.17) is 0 Å². The van der Waals surface area contributed by atoms with Crippen molar-refractivity contribution in [1.29, 1.82) is 0 Å². The molecule has 1 aromatic carbocycles. The number of hydrogen-bond acceptors (Lipinski definition) is 2. The molecule has 0 unspecified atom stereocenters. The minimum atomic E-state index is -0.325. The first-order valence-corrected chi connectivity index (χ1v) is 5.36.